The number of aliphatic hydroxyl groups is 1. The summed E-state index contributed by atoms with van der Waals surface area (Å²) >= 11 is 0. The Morgan fingerprint density at radius 2 is 1.94 bits per heavy atom. The molecule has 1 aliphatic carbocycles. The summed E-state index contributed by atoms with van der Waals surface area (Å²) in [5, 5.41) is 13.0. The molecule has 0 radical (unpaired) electrons. The van der Waals surface area contributed by atoms with Crippen molar-refractivity contribution in [2.45, 2.75) is 63.6 Å². The van der Waals surface area contributed by atoms with Crippen molar-refractivity contribution in [1.29, 1.82) is 0 Å². The first-order valence-electron chi connectivity index (χ1n) is 6.91. The van der Waals surface area contributed by atoms with Crippen LogP contribution in [0, 0.1) is 0 Å². The summed E-state index contributed by atoms with van der Waals surface area (Å²) in [6, 6.07) is 1.67. The van der Waals surface area contributed by atoms with Gasteiger partial charge in [-0.25, -0.2) is 0 Å². The van der Waals surface area contributed by atoms with Crippen LogP contribution >= 0.6 is 0 Å². The van der Waals surface area contributed by atoms with Crippen LogP contribution in [0.3, 0.4) is 0 Å². The van der Waals surface area contributed by atoms with E-state index in [1.54, 1.807) is 0 Å². The smallest absolute Gasteiger partial charge is 0.0599 e. The van der Waals surface area contributed by atoms with Crippen LogP contribution in [-0.2, 0) is 0 Å². The lowest BCUT2D eigenvalue weighted by Gasteiger charge is -2.38. The van der Waals surface area contributed by atoms with Crippen LogP contribution in [0.4, 0.5) is 0 Å². The predicted molar refractivity (Wildman–Crippen MR) is 66.5 cm³/mol. The standard InChI is InChI=1S/C13H26N2O/c1-11-7-8-15(13(10-16)9-14-11)12-5-3-2-4-6-12/h11-14,16H,2-10H2,1H3. The van der Waals surface area contributed by atoms with Crippen molar-refractivity contribution < 1.29 is 5.11 Å². The van der Waals surface area contributed by atoms with Crippen LogP contribution in [0.2, 0.25) is 0 Å². The van der Waals surface area contributed by atoms with Gasteiger partial charge in [0.25, 0.3) is 0 Å². The summed E-state index contributed by atoms with van der Waals surface area (Å²) in [4.78, 5) is 2.58. The summed E-state index contributed by atoms with van der Waals surface area (Å²) in [5.41, 5.74) is 0. The van der Waals surface area contributed by atoms with Gasteiger partial charge in [-0.1, -0.05) is 19.3 Å². The number of hydrogen-bond acceptors (Lipinski definition) is 3. The second-order valence-corrected chi connectivity index (χ2v) is 5.46. The van der Waals surface area contributed by atoms with Crippen molar-refractivity contribution in [2.75, 3.05) is 19.7 Å². The predicted octanol–water partition coefficient (Wildman–Crippen LogP) is 1.36. The summed E-state index contributed by atoms with van der Waals surface area (Å²) in [7, 11) is 0. The van der Waals surface area contributed by atoms with Crippen molar-refractivity contribution in [3.8, 4) is 0 Å². The highest BCUT2D eigenvalue weighted by Gasteiger charge is 2.29. The number of aliphatic hydroxyl groups excluding tert-OH is 1. The third-order valence-corrected chi connectivity index (χ3v) is 4.25. The van der Waals surface area contributed by atoms with Crippen LogP contribution in [-0.4, -0.2) is 47.8 Å². The molecule has 2 atom stereocenters. The molecule has 0 spiro atoms. The third-order valence-electron chi connectivity index (χ3n) is 4.25. The van der Waals surface area contributed by atoms with E-state index >= 15 is 0 Å². The van der Waals surface area contributed by atoms with E-state index < -0.39 is 0 Å². The SMILES string of the molecule is CC1CCN(C2CCCCC2)C(CO)CN1. The average Bonchev–Trinajstić information content (AvgIpc) is 2.52. The first kappa shape index (κ1) is 12.3. The molecule has 0 bridgehead atoms. The van der Waals surface area contributed by atoms with Crippen molar-refractivity contribution in [3.63, 3.8) is 0 Å². The average molecular weight is 226 g/mol. The maximum Gasteiger partial charge on any atom is 0.0599 e. The minimum Gasteiger partial charge on any atom is -0.395 e. The Balaban J connectivity index is 1.97. The molecule has 2 fully saturated rings. The molecule has 1 saturated carbocycles. The first-order valence-corrected chi connectivity index (χ1v) is 6.91. The number of nitrogens with one attached hydrogen (secondary N) is 1. The van der Waals surface area contributed by atoms with Gasteiger partial charge in [0.2, 0.25) is 0 Å². The lowest BCUT2D eigenvalue weighted by Crippen LogP contribution is -2.48. The van der Waals surface area contributed by atoms with Gasteiger partial charge in [0.15, 0.2) is 0 Å². The molecule has 16 heavy (non-hydrogen) atoms. The third kappa shape index (κ3) is 2.96. The highest BCUT2D eigenvalue weighted by Crippen LogP contribution is 2.25. The van der Waals surface area contributed by atoms with Gasteiger partial charge in [-0.05, 0) is 26.2 Å². The Bertz CT molecular complexity index is 202. The van der Waals surface area contributed by atoms with E-state index in [9.17, 15) is 5.11 Å². The van der Waals surface area contributed by atoms with E-state index in [1.165, 1.54) is 38.5 Å². The molecule has 2 unspecified atom stereocenters. The molecule has 2 rings (SSSR count). The van der Waals surface area contributed by atoms with E-state index in [1.807, 2.05) is 0 Å². The van der Waals surface area contributed by atoms with Crippen molar-refractivity contribution in [2.24, 2.45) is 0 Å². The van der Waals surface area contributed by atoms with Gasteiger partial charge in [0.05, 0.1) is 6.61 Å². The zero-order valence-corrected chi connectivity index (χ0v) is 10.5. The molecule has 0 aromatic carbocycles. The van der Waals surface area contributed by atoms with Crippen molar-refractivity contribution in [3.05, 3.63) is 0 Å². The summed E-state index contributed by atoms with van der Waals surface area (Å²) in [5.74, 6) is 0. The van der Waals surface area contributed by atoms with Gasteiger partial charge in [-0.2, -0.15) is 0 Å². The molecule has 0 aromatic heterocycles. The van der Waals surface area contributed by atoms with Gasteiger partial charge in [-0.15, -0.1) is 0 Å². The Morgan fingerprint density at radius 3 is 2.62 bits per heavy atom. The van der Waals surface area contributed by atoms with Gasteiger partial charge in [-0.3, -0.25) is 4.90 Å². The Hall–Kier alpha value is -0.120. The number of hydrogen-bond donors (Lipinski definition) is 2. The zero-order chi connectivity index (χ0) is 11.4. The van der Waals surface area contributed by atoms with Crippen LogP contribution < -0.4 is 5.32 Å². The lowest BCUT2D eigenvalue weighted by molar-refractivity contribution is 0.0729. The molecular weight excluding hydrogens is 200 g/mol. The molecule has 94 valence electrons. The van der Waals surface area contributed by atoms with Crippen molar-refractivity contribution in [1.82, 2.24) is 10.2 Å². The number of rotatable bonds is 2. The summed E-state index contributed by atoms with van der Waals surface area (Å²) in [6.07, 6.45) is 8.05. The fourth-order valence-corrected chi connectivity index (χ4v) is 3.14. The Labute approximate surface area is 99.2 Å². The molecule has 1 aliphatic heterocycles. The van der Waals surface area contributed by atoms with E-state index in [-0.39, 0.29) is 0 Å². The quantitative estimate of drug-likeness (QED) is 0.746. The summed E-state index contributed by atoms with van der Waals surface area (Å²) in [6.45, 7) is 4.66. The van der Waals surface area contributed by atoms with Gasteiger partial charge in [0, 0.05) is 31.2 Å². The molecule has 0 amide bonds. The Morgan fingerprint density at radius 1 is 1.19 bits per heavy atom. The van der Waals surface area contributed by atoms with Gasteiger partial charge in [0.1, 0.15) is 0 Å². The molecule has 1 saturated heterocycles. The monoisotopic (exact) mass is 226 g/mol. The van der Waals surface area contributed by atoms with Crippen LogP contribution in [0.15, 0.2) is 0 Å². The number of nitrogens with zero attached hydrogens (tertiary/aromatic N) is 1. The molecule has 3 heteroatoms. The summed E-state index contributed by atoms with van der Waals surface area (Å²) < 4.78 is 0. The second-order valence-electron chi connectivity index (χ2n) is 5.46. The maximum absolute atomic E-state index is 9.52. The fourth-order valence-electron chi connectivity index (χ4n) is 3.14. The maximum atomic E-state index is 9.52. The molecule has 0 aromatic rings. The van der Waals surface area contributed by atoms with Crippen molar-refractivity contribution >= 4 is 0 Å². The molecular formula is C13H26N2O. The molecule has 1 heterocycles. The molecule has 2 aliphatic rings. The van der Waals surface area contributed by atoms with Crippen LogP contribution in [0.5, 0.6) is 0 Å². The van der Waals surface area contributed by atoms with Gasteiger partial charge < -0.3 is 10.4 Å². The van der Waals surface area contributed by atoms with Gasteiger partial charge >= 0.3 is 0 Å². The second kappa shape index (κ2) is 5.99. The highest BCUT2D eigenvalue weighted by molar-refractivity contribution is 4.86. The largest absolute Gasteiger partial charge is 0.395 e. The van der Waals surface area contributed by atoms with E-state index in [0.717, 1.165) is 19.1 Å². The lowest BCUT2D eigenvalue weighted by atomic mass is 9.93. The topological polar surface area (TPSA) is 35.5 Å². The van der Waals surface area contributed by atoms with E-state index in [0.29, 0.717) is 18.7 Å². The molecule has 3 nitrogen and oxygen atoms in total. The normalized spacial score (nSPS) is 34.9. The molecule has 2 N–H and O–H groups in total. The van der Waals surface area contributed by atoms with Crippen LogP contribution in [0.1, 0.15) is 45.4 Å². The zero-order valence-electron chi connectivity index (χ0n) is 10.5. The van der Waals surface area contributed by atoms with E-state index in [4.69, 9.17) is 0 Å². The minimum atomic E-state index is 0.302. The first-order chi connectivity index (χ1) is 7.81. The Kier molecular flexibility index (Phi) is 4.62. The highest BCUT2D eigenvalue weighted by atomic mass is 16.3. The fraction of sp³-hybridized carbons (Fsp3) is 1.00. The minimum absolute atomic E-state index is 0.302. The van der Waals surface area contributed by atoms with Crippen LogP contribution in [0.25, 0.3) is 0 Å². The van der Waals surface area contributed by atoms with E-state index in [2.05, 4.69) is 17.1 Å².